The van der Waals surface area contributed by atoms with Gasteiger partial charge in [0.25, 0.3) is 5.91 Å². The van der Waals surface area contributed by atoms with Crippen LogP contribution < -0.4 is 10.1 Å². The van der Waals surface area contributed by atoms with Gasteiger partial charge in [-0.15, -0.1) is 10.2 Å². The fourth-order valence-corrected chi connectivity index (χ4v) is 3.28. The van der Waals surface area contributed by atoms with E-state index in [1.54, 1.807) is 30.0 Å². The summed E-state index contributed by atoms with van der Waals surface area (Å²) in [6.07, 6.45) is 0. The average molecular weight is 323 g/mol. The maximum absolute atomic E-state index is 12.2. The van der Waals surface area contributed by atoms with Gasteiger partial charge >= 0.3 is 0 Å². The van der Waals surface area contributed by atoms with Crippen molar-refractivity contribution in [2.45, 2.75) is 18.2 Å². The van der Waals surface area contributed by atoms with Crippen molar-refractivity contribution in [3.05, 3.63) is 29.8 Å². The van der Waals surface area contributed by atoms with Gasteiger partial charge in [-0.1, -0.05) is 49.1 Å². The fourth-order valence-electron chi connectivity index (χ4n) is 1.55. The number of para-hydroxylation sites is 1. The van der Waals surface area contributed by atoms with Gasteiger partial charge in [0, 0.05) is 5.75 Å². The first-order valence-corrected chi connectivity index (χ1v) is 8.31. The molecule has 0 fully saturated rings. The SMILES string of the molecule is COc1ccccc1C(=O)Nc1nnc(SCC(C)C)s1. The van der Waals surface area contributed by atoms with Gasteiger partial charge in [0.05, 0.1) is 12.7 Å². The molecule has 0 aliphatic heterocycles. The monoisotopic (exact) mass is 323 g/mol. The molecule has 0 radical (unpaired) electrons. The van der Waals surface area contributed by atoms with Crippen molar-refractivity contribution in [2.75, 3.05) is 18.2 Å². The van der Waals surface area contributed by atoms with Crippen LogP contribution in [0.3, 0.4) is 0 Å². The molecule has 1 amide bonds. The summed E-state index contributed by atoms with van der Waals surface area (Å²) in [5.41, 5.74) is 0.478. The maximum atomic E-state index is 12.2. The van der Waals surface area contributed by atoms with Crippen LogP contribution in [0.4, 0.5) is 5.13 Å². The number of hydrogen-bond acceptors (Lipinski definition) is 6. The van der Waals surface area contributed by atoms with Crippen molar-refractivity contribution in [3.63, 3.8) is 0 Å². The first-order valence-electron chi connectivity index (χ1n) is 6.51. The van der Waals surface area contributed by atoms with E-state index in [0.29, 0.717) is 22.4 Å². The predicted molar refractivity (Wildman–Crippen MR) is 86.4 cm³/mol. The molecule has 0 aliphatic carbocycles. The minimum atomic E-state index is -0.246. The van der Waals surface area contributed by atoms with Crippen molar-refractivity contribution in [1.29, 1.82) is 0 Å². The van der Waals surface area contributed by atoms with Crippen molar-refractivity contribution < 1.29 is 9.53 Å². The number of amides is 1. The smallest absolute Gasteiger partial charge is 0.261 e. The van der Waals surface area contributed by atoms with Crippen molar-refractivity contribution in [1.82, 2.24) is 10.2 Å². The third-order valence-electron chi connectivity index (χ3n) is 2.52. The van der Waals surface area contributed by atoms with Gasteiger partial charge in [0.1, 0.15) is 5.75 Å². The molecule has 0 saturated carbocycles. The quantitative estimate of drug-likeness (QED) is 0.650. The van der Waals surface area contributed by atoms with Crippen molar-refractivity contribution in [3.8, 4) is 5.75 Å². The number of aromatic nitrogens is 2. The second-order valence-electron chi connectivity index (χ2n) is 4.73. The number of nitrogens with zero attached hydrogens (tertiary/aromatic N) is 2. The Balaban J connectivity index is 2.03. The van der Waals surface area contributed by atoms with Gasteiger partial charge in [-0.2, -0.15) is 0 Å². The van der Waals surface area contributed by atoms with Gasteiger partial charge in [-0.3, -0.25) is 10.1 Å². The minimum absolute atomic E-state index is 0.246. The summed E-state index contributed by atoms with van der Waals surface area (Å²) < 4.78 is 6.04. The highest BCUT2D eigenvalue weighted by molar-refractivity contribution is 8.01. The summed E-state index contributed by atoms with van der Waals surface area (Å²) in [7, 11) is 1.54. The molecular weight excluding hydrogens is 306 g/mol. The van der Waals surface area contributed by atoms with Crippen LogP contribution in [0.15, 0.2) is 28.6 Å². The number of ether oxygens (including phenoxy) is 1. The highest BCUT2D eigenvalue weighted by Gasteiger charge is 2.14. The van der Waals surface area contributed by atoms with E-state index < -0.39 is 0 Å². The van der Waals surface area contributed by atoms with Crippen LogP contribution in [0.25, 0.3) is 0 Å². The number of benzene rings is 1. The second-order valence-corrected chi connectivity index (χ2v) is 6.98. The molecule has 1 aromatic heterocycles. The summed E-state index contributed by atoms with van der Waals surface area (Å²) in [5.74, 6) is 1.86. The number of nitrogens with one attached hydrogen (secondary N) is 1. The molecule has 1 heterocycles. The van der Waals surface area contributed by atoms with E-state index in [1.165, 1.54) is 18.4 Å². The summed E-state index contributed by atoms with van der Waals surface area (Å²) in [5, 5.41) is 11.3. The Morgan fingerprint density at radius 1 is 1.38 bits per heavy atom. The van der Waals surface area contributed by atoms with E-state index in [1.807, 2.05) is 6.07 Å². The molecule has 21 heavy (non-hydrogen) atoms. The van der Waals surface area contributed by atoms with E-state index in [9.17, 15) is 4.79 Å². The molecule has 1 N–H and O–H groups in total. The fraction of sp³-hybridized carbons (Fsp3) is 0.357. The molecule has 0 spiro atoms. The normalized spacial score (nSPS) is 10.7. The molecule has 0 unspecified atom stereocenters. The summed E-state index contributed by atoms with van der Waals surface area (Å²) in [4.78, 5) is 12.2. The summed E-state index contributed by atoms with van der Waals surface area (Å²) in [6, 6.07) is 7.07. The highest BCUT2D eigenvalue weighted by Crippen LogP contribution is 2.27. The van der Waals surface area contributed by atoms with E-state index in [-0.39, 0.29) is 5.91 Å². The lowest BCUT2D eigenvalue weighted by Crippen LogP contribution is -2.12. The lowest BCUT2D eigenvalue weighted by molar-refractivity contribution is 0.102. The number of thioether (sulfide) groups is 1. The Morgan fingerprint density at radius 3 is 2.86 bits per heavy atom. The molecule has 5 nitrogen and oxygen atoms in total. The van der Waals surface area contributed by atoms with Crippen LogP contribution >= 0.6 is 23.1 Å². The van der Waals surface area contributed by atoms with E-state index in [4.69, 9.17) is 4.74 Å². The third-order valence-corrected chi connectivity index (χ3v) is 4.92. The number of carbonyl (C=O) groups is 1. The van der Waals surface area contributed by atoms with Gasteiger partial charge in [0.2, 0.25) is 5.13 Å². The van der Waals surface area contributed by atoms with Gasteiger partial charge in [-0.25, -0.2) is 0 Å². The summed E-state index contributed by atoms with van der Waals surface area (Å²) in [6.45, 7) is 4.30. The largest absolute Gasteiger partial charge is 0.496 e. The number of anilines is 1. The molecule has 0 bridgehead atoms. The molecule has 2 aromatic rings. The van der Waals surface area contributed by atoms with E-state index in [0.717, 1.165) is 10.1 Å². The van der Waals surface area contributed by atoms with Gasteiger partial charge < -0.3 is 4.74 Å². The van der Waals surface area contributed by atoms with Crippen molar-refractivity contribution in [2.24, 2.45) is 5.92 Å². The zero-order chi connectivity index (χ0) is 15.2. The lowest BCUT2D eigenvalue weighted by atomic mass is 10.2. The van der Waals surface area contributed by atoms with Crippen LogP contribution in [0.1, 0.15) is 24.2 Å². The van der Waals surface area contributed by atoms with Crippen LogP contribution in [0.2, 0.25) is 0 Å². The van der Waals surface area contributed by atoms with Crippen LogP contribution in [0, 0.1) is 5.92 Å². The van der Waals surface area contributed by atoms with E-state index >= 15 is 0 Å². The Kier molecular flexibility index (Phi) is 5.58. The lowest BCUT2D eigenvalue weighted by Gasteiger charge is -2.06. The van der Waals surface area contributed by atoms with Crippen LogP contribution in [-0.4, -0.2) is 29.0 Å². The molecule has 1 aromatic carbocycles. The van der Waals surface area contributed by atoms with Gasteiger partial charge in [0.15, 0.2) is 4.34 Å². The zero-order valence-corrected chi connectivity index (χ0v) is 13.8. The van der Waals surface area contributed by atoms with E-state index in [2.05, 4.69) is 29.4 Å². The molecule has 7 heteroatoms. The Bertz CT molecular complexity index is 614. The van der Waals surface area contributed by atoms with Crippen LogP contribution in [-0.2, 0) is 0 Å². The topological polar surface area (TPSA) is 64.1 Å². The second kappa shape index (κ2) is 7.42. The molecule has 0 saturated heterocycles. The number of hydrogen-bond donors (Lipinski definition) is 1. The molecule has 0 atom stereocenters. The Morgan fingerprint density at radius 2 is 2.14 bits per heavy atom. The molecule has 112 valence electrons. The first kappa shape index (κ1) is 15.8. The molecular formula is C14H17N3O2S2. The Labute approximate surface area is 132 Å². The number of carbonyl (C=O) groups excluding carboxylic acids is 1. The number of methoxy groups -OCH3 is 1. The maximum Gasteiger partial charge on any atom is 0.261 e. The Hall–Kier alpha value is -1.60. The predicted octanol–water partition coefficient (Wildman–Crippen LogP) is 3.55. The molecule has 2 rings (SSSR count). The number of rotatable bonds is 6. The minimum Gasteiger partial charge on any atom is -0.496 e. The third kappa shape index (κ3) is 4.44. The molecule has 0 aliphatic rings. The summed E-state index contributed by atoms with van der Waals surface area (Å²) >= 11 is 3.03. The van der Waals surface area contributed by atoms with Gasteiger partial charge in [-0.05, 0) is 18.1 Å². The first-order chi connectivity index (χ1) is 10.1. The highest BCUT2D eigenvalue weighted by atomic mass is 32.2. The zero-order valence-electron chi connectivity index (χ0n) is 12.1. The average Bonchev–Trinajstić information content (AvgIpc) is 2.92. The standard InChI is InChI=1S/C14H17N3O2S2/c1-9(2)8-20-14-17-16-13(21-14)15-12(18)10-6-4-5-7-11(10)19-3/h4-7,9H,8H2,1-3H3,(H,15,16,18). The van der Waals surface area contributed by atoms with Crippen molar-refractivity contribution >= 4 is 34.1 Å². The van der Waals surface area contributed by atoms with Crippen LogP contribution in [0.5, 0.6) is 5.75 Å².